The quantitative estimate of drug-likeness (QED) is 0.716. The van der Waals surface area contributed by atoms with E-state index < -0.39 is 15.8 Å². The number of rotatable bonds is 6. The molecule has 1 aromatic rings. The van der Waals surface area contributed by atoms with Crippen molar-refractivity contribution in [2.24, 2.45) is 23.2 Å². The summed E-state index contributed by atoms with van der Waals surface area (Å²) in [5, 5.41) is 3.08. The van der Waals surface area contributed by atoms with Gasteiger partial charge in [-0.15, -0.1) is 0 Å². The molecule has 1 N–H and O–H groups in total. The van der Waals surface area contributed by atoms with Crippen LogP contribution in [-0.2, 0) is 19.4 Å². The average Bonchev–Trinajstić information content (AvgIpc) is 2.64. The van der Waals surface area contributed by atoms with Crippen molar-refractivity contribution in [1.82, 2.24) is 5.32 Å². The lowest BCUT2D eigenvalue weighted by molar-refractivity contribution is -0.128. The van der Waals surface area contributed by atoms with E-state index in [2.05, 4.69) is 12.2 Å². The fourth-order valence-corrected chi connectivity index (χ4v) is 6.83. The number of hydrogen-bond donors (Lipinski definition) is 1. The highest BCUT2D eigenvalue weighted by Crippen LogP contribution is 2.61. The second-order valence-electron chi connectivity index (χ2n) is 9.44. The third kappa shape index (κ3) is 4.20. The lowest BCUT2D eigenvalue weighted by atomic mass is 9.48. The highest BCUT2D eigenvalue weighted by Gasteiger charge is 2.53. The van der Waals surface area contributed by atoms with Gasteiger partial charge >= 0.3 is 5.97 Å². The number of amides is 1. The van der Waals surface area contributed by atoms with Gasteiger partial charge in [0.2, 0.25) is 0 Å². The van der Waals surface area contributed by atoms with Crippen LogP contribution in [-0.4, -0.2) is 39.2 Å². The van der Waals surface area contributed by atoms with Gasteiger partial charge in [-0.3, -0.25) is 4.79 Å². The molecule has 4 saturated carbocycles. The molecule has 158 valence electrons. The molecule has 4 aliphatic carbocycles. The molecule has 7 heteroatoms. The Morgan fingerprint density at radius 1 is 1.07 bits per heavy atom. The highest BCUT2D eigenvalue weighted by atomic mass is 32.2. The van der Waals surface area contributed by atoms with Gasteiger partial charge in [0.1, 0.15) is 0 Å². The molecule has 0 spiro atoms. The molecule has 6 nitrogen and oxygen atoms in total. The van der Waals surface area contributed by atoms with E-state index in [1.165, 1.54) is 62.8 Å². The van der Waals surface area contributed by atoms with Gasteiger partial charge in [-0.05, 0) is 92.9 Å². The van der Waals surface area contributed by atoms with Crippen molar-refractivity contribution in [3.63, 3.8) is 0 Å². The van der Waals surface area contributed by atoms with Gasteiger partial charge in [-0.25, -0.2) is 13.2 Å². The van der Waals surface area contributed by atoms with Crippen LogP contribution >= 0.6 is 0 Å². The zero-order chi connectivity index (χ0) is 20.8. The van der Waals surface area contributed by atoms with Crippen molar-refractivity contribution < 1.29 is 22.7 Å². The average molecular weight is 420 g/mol. The summed E-state index contributed by atoms with van der Waals surface area (Å²) >= 11 is 0. The SMILES string of the molecule is C[C@H](NC(=O)COC(=O)c1ccc(S(C)(=O)=O)cc1)C12CC3CC(CC(C3)C1)C2. The number of ether oxygens (including phenoxy) is 1. The Hall–Kier alpha value is -1.89. The number of sulfone groups is 1. The summed E-state index contributed by atoms with van der Waals surface area (Å²) in [5.74, 6) is 1.52. The maximum Gasteiger partial charge on any atom is 0.338 e. The van der Waals surface area contributed by atoms with Crippen LogP contribution in [0.3, 0.4) is 0 Å². The third-order valence-corrected chi connectivity index (χ3v) is 8.36. The van der Waals surface area contributed by atoms with E-state index in [4.69, 9.17) is 4.74 Å². The summed E-state index contributed by atoms with van der Waals surface area (Å²) in [6.45, 7) is 1.76. The fraction of sp³-hybridized carbons (Fsp3) is 0.636. The van der Waals surface area contributed by atoms with Crippen molar-refractivity contribution in [3.8, 4) is 0 Å². The molecule has 5 rings (SSSR count). The van der Waals surface area contributed by atoms with Crippen LogP contribution in [0.4, 0.5) is 0 Å². The van der Waals surface area contributed by atoms with Gasteiger partial charge in [-0.2, -0.15) is 0 Å². The first-order valence-electron chi connectivity index (χ1n) is 10.4. The number of carbonyl (C=O) groups excluding carboxylic acids is 2. The molecule has 4 fully saturated rings. The lowest BCUT2D eigenvalue weighted by Gasteiger charge is -2.59. The molecule has 0 aromatic heterocycles. The smallest absolute Gasteiger partial charge is 0.338 e. The first-order chi connectivity index (χ1) is 13.6. The molecule has 0 unspecified atom stereocenters. The predicted octanol–water partition coefficient (Wildman–Crippen LogP) is 2.97. The summed E-state index contributed by atoms with van der Waals surface area (Å²) in [4.78, 5) is 24.7. The van der Waals surface area contributed by atoms with Crippen LogP contribution in [0.2, 0.25) is 0 Å². The first kappa shape index (κ1) is 20.4. The van der Waals surface area contributed by atoms with Crippen molar-refractivity contribution in [2.45, 2.75) is 56.4 Å². The summed E-state index contributed by atoms with van der Waals surface area (Å²) in [6, 6.07) is 5.60. The maximum atomic E-state index is 12.4. The normalized spacial score (nSPS) is 31.3. The topological polar surface area (TPSA) is 89.5 Å². The maximum absolute atomic E-state index is 12.4. The van der Waals surface area contributed by atoms with Crippen LogP contribution < -0.4 is 5.32 Å². The van der Waals surface area contributed by atoms with Crippen molar-refractivity contribution in [2.75, 3.05) is 12.9 Å². The molecule has 0 aliphatic heterocycles. The molecule has 1 atom stereocenters. The Balaban J connectivity index is 1.30. The Morgan fingerprint density at radius 3 is 2.07 bits per heavy atom. The van der Waals surface area contributed by atoms with E-state index in [1.807, 2.05) is 0 Å². The van der Waals surface area contributed by atoms with E-state index in [0.29, 0.717) is 0 Å². The van der Waals surface area contributed by atoms with Crippen LogP contribution in [0.25, 0.3) is 0 Å². The second kappa shape index (κ2) is 7.42. The number of esters is 1. The second-order valence-corrected chi connectivity index (χ2v) is 11.5. The monoisotopic (exact) mass is 419 g/mol. The molecule has 0 radical (unpaired) electrons. The van der Waals surface area contributed by atoms with Gasteiger partial charge in [-0.1, -0.05) is 0 Å². The van der Waals surface area contributed by atoms with Gasteiger partial charge in [0.15, 0.2) is 16.4 Å². The minimum atomic E-state index is -3.32. The first-order valence-corrected chi connectivity index (χ1v) is 12.3. The van der Waals surface area contributed by atoms with Gasteiger partial charge in [0, 0.05) is 12.3 Å². The third-order valence-electron chi connectivity index (χ3n) is 7.23. The predicted molar refractivity (Wildman–Crippen MR) is 108 cm³/mol. The minimum absolute atomic E-state index is 0.0798. The minimum Gasteiger partial charge on any atom is -0.452 e. The molecular weight excluding hydrogens is 390 g/mol. The summed E-state index contributed by atoms with van der Waals surface area (Å²) in [6.07, 6.45) is 8.78. The lowest BCUT2D eigenvalue weighted by Crippen LogP contribution is -2.56. The number of carbonyl (C=O) groups is 2. The fourth-order valence-electron chi connectivity index (χ4n) is 6.20. The van der Waals surface area contributed by atoms with E-state index >= 15 is 0 Å². The molecule has 1 amide bonds. The molecular formula is C22H29NO5S. The van der Waals surface area contributed by atoms with Gasteiger partial charge in [0.05, 0.1) is 10.5 Å². The van der Waals surface area contributed by atoms with E-state index in [0.717, 1.165) is 24.0 Å². The summed E-state index contributed by atoms with van der Waals surface area (Å²) in [7, 11) is -3.32. The molecule has 4 aliphatic rings. The van der Waals surface area contributed by atoms with E-state index in [9.17, 15) is 18.0 Å². The zero-order valence-electron chi connectivity index (χ0n) is 17.0. The van der Waals surface area contributed by atoms with Crippen molar-refractivity contribution in [3.05, 3.63) is 29.8 Å². The van der Waals surface area contributed by atoms with Crippen molar-refractivity contribution >= 4 is 21.7 Å². The summed E-state index contributed by atoms with van der Waals surface area (Å²) < 4.78 is 28.1. The molecule has 29 heavy (non-hydrogen) atoms. The highest BCUT2D eigenvalue weighted by molar-refractivity contribution is 7.90. The van der Waals surface area contributed by atoms with Crippen LogP contribution in [0.15, 0.2) is 29.2 Å². The Bertz CT molecular complexity index is 870. The Morgan fingerprint density at radius 2 is 1.59 bits per heavy atom. The number of hydrogen-bond acceptors (Lipinski definition) is 5. The van der Waals surface area contributed by atoms with Gasteiger partial charge in [0.25, 0.3) is 5.91 Å². The Kier molecular flexibility index (Phi) is 5.21. The Labute approximate surface area is 172 Å². The molecule has 0 heterocycles. The zero-order valence-corrected chi connectivity index (χ0v) is 17.8. The standard InChI is InChI=1S/C22H29NO5S/c1-14(22-10-15-7-16(11-22)9-17(8-15)12-22)23-20(24)13-28-21(25)18-3-5-19(6-4-18)29(2,26)27/h3-6,14-17H,7-13H2,1-2H3,(H,23,24)/t14-,15?,16?,17?,22?/m0/s1. The van der Waals surface area contributed by atoms with Crippen molar-refractivity contribution in [1.29, 1.82) is 0 Å². The summed E-state index contributed by atoms with van der Waals surface area (Å²) in [5.41, 5.74) is 0.426. The van der Waals surface area contributed by atoms with Gasteiger partial charge < -0.3 is 10.1 Å². The van der Waals surface area contributed by atoms with E-state index in [1.54, 1.807) is 0 Å². The molecule has 0 saturated heterocycles. The molecule has 4 bridgehead atoms. The number of nitrogens with one attached hydrogen (secondary N) is 1. The van der Waals surface area contributed by atoms with Crippen LogP contribution in [0.5, 0.6) is 0 Å². The molecule has 1 aromatic carbocycles. The van der Waals surface area contributed by atoms with Crippen LogP contribution in [0.1, 0.15) is 55.8 Å². The van der Waals surface area contributed by atoms with E-state index in [-0.39, 0.29) is 34.4 Å². The van der Waals surface area contributed by atoms with Crippen LogP contribution in [0, 0.1) is 23.2 Å². The largest absolute Gasteiger partial charge is 0.452 e. The number of benzene rings is 1.